The van der Waals surface area contributed by atoms with Crippen molar-refractivity contribution < 1.29 is 8.90 Å². The lowest BCUT2D eigenvalue weighted by molar-refractivity contribution is 0.480. The quantitative estimate of drug-likeness (QED) is 0.511. The Kier molecular flexibility index (Phi) is 5.91. The number of hydrogen-bond donors (Lipinski definition) is 1. The molecule has 1 aromatic heterocycles. The number of aromatic nitrogens is 1. The van der Waals surface area contributed by atoms with Crippen LogP contribution in [0, 0.1) is 6.92 Å². The van der Waals surface area contributed by atoms with Gasteiger partial charge in [-0.2, -0.15) is 0 Å². The fraction of sp³-hybridized carbons (Fsp3) is 0.0455. The van der Waals surface area contributed by atoms with Crippen LogP contribution < -0.4 is 3.79 Å². The molecule has 3 aromatic carbocycles. The molecule has 0 bridgehead atoms. The fourth-order valence-corrected chi connectivity index (χ4v) is 2.74. The van der Waals surface area contributed by atoms with Gasteiger partial charge in [-0.3, -0.25) is 0 Å². The number of fused-ring (bicyclic) bond motifs is 1. The van der Waals surface area contributed by atoms with Crippen molar-refractivity contribution in [3.63, 3.8) is 0 Å². The number of hydrogen-bond acceptors (Lipinski definition) is 3. The van der Waals surface area contributed by atoms with E-state index in [1.165, 1.54) is 11.1 Å². The van der Waals surface area contributed by atoms with Gasteiger partial charge < -0.3 is 8.90 Å². The average Bonchev–Trinajstić information content (AvgIpc) is 2.70. The summed E-state index contributed by atoms with van der Waals surface area (Å²) < 4.78 is 5.02. The highest BCUT2D eigenvalue weighted by atomic mass is 27.1. The third-order valence-electron chi connectivity index (χ3n) is 3.94. The third kappa shape index (κ3) is 4.43. The van der Waals surface area contributed by atoms with Gasteiger partial charge >= 0.3 is 16.6 Å². The molecule has 0 fully saturated rings. The van der Waals surface area contributed by atoms with Crippen molar-refractivity contribution in [1.82, 2.24) is 4.98 Å². The Balaban J connectivity index is 0.000000152. The molecule has 126 valence electrons. The molecule has 0 amide bonds. The van der Waals surface area contributed by atoms with Crippen LogP contribution in [-0.2, 0) is 0 Å². The molecular formula is C22H18AlNO2. The van der Waals surface area contributed by atoms with Crippen molar-refractivity contribution in [3.8, 4) is 22.6 Å². The average molecular weight is 355 g/mol. The summed E-state index contributed by atoms with van der Waals surface area (Å²) in [5, 5.41) is 10.4. The highest BCUT2D eigenvalue weighted by molar-refractivity contribution is 6.00. The zero-order valence-electron chi connectivity index (χ0n) is 14.5. The molecule has 0 unspecified atom stereocenters. The number of nitrogens with zero attached hydrogens (tertiary/aromatic N) is 1. The third-order valence-corrected chi connectivity index (χ3v) is 4.21. The Morgan fingerprint density at radius 1 is 0.769 bits per heavy atom. The molecule has 0 spiro atoms. The van der Waals surface area contributed by atoms with Gasteiger partial charge in [-0.1, -0.05) is 60.7 Å². The molecule has 0 aliphatic rings. The van der Waals surface area contributed by atoms with E-state index in [2.05, 4.69) is 45.9 Å². The maximum atomic E-state index is 9.43. The molecule has 1 N–H and O–H groups in total. The molecule has 4 heteroatoms. The number of phenols is 1. The molecule has 0 saturated carbocycles. The van der Waals surface area contributed by atoms with E-state index in [4.69, 9.17) is 3.79 Å². The number of phenolic OH excluding ortho intramolecular Hbond substituents is 1. The maximum absolute atomic E-state index is 9.43. The lowest BCUT2D eigenvalue weighted by Gasteiger charge is -2.04. The van der Waals surface area contributed by atoms with E-state index in [1.54, 1.807) is 6.07 Å². The molecule has 26 heavy (non-hydrogen) atoms. The Labute approximate surface area is 161 Å². The van der Waals surface area contributed by atoms with E-state index < -0.39 is 0 Å². The highest BCUT2D eigenvalue weighted by Crippen LogP contribution is 2.22. The first-order valence-electron chi connectivity index (χ1n) is 8.25. The Morgan fingerprint density at radius 3 is 2.15 bits per heavy atom. The first-order valence-corrected chi connectivity index (χ1v) is 8.72. The van der Waals surface area contributed by atoms with Crippen molar-refractivity contribution in [1.29, 1.82) is 0 Å². The topological polar surface area (TPSA) is 42.4 Å². The minimum atomic E-state index is 0.246. The highest BCUT2D eigenvalue weighted by Gasteiger charge is 1.99. The molecule has 0 atom stereocenters. The van der Waals surface area contributed by atoms with Gasteiger partial charge in [0.2, 0.25) is 0 Å². The van der Waals surface area contributed by atoms with E-state index in [1.807, 2.05) is 61.5 Å². The van der Waals surface area contributed by atoms with Gasteiger partial charge in [-0.15, -0.1) is 0 Å². The minimum absolute atomic E-state index is 0.246. The van der Waals surface area contributed by atoms with E-state index in [9.17, 15) is 5.11 Å². The van der Waals surface area contributed by atoms with Crippen LogP contribution in [0.5, 0.6) is 11.5 Å². The number of rotatable bonds is 2. The van der Waals surface area contributed by atoms with Gasteiger partial charge in [0.25, 0.3) is 0 Å². The summed E-state index contributed by atoms with van der Waals surface area (Å²) in [6.07, 6.45) is 0. The largest absolute Gasteiger partial charge is 0.654 e. The van der Waals surface area contributed by atoms with E-state index in [0.717, 1.165) is 16.8 Å². The summed E-state index contributed by atoms with van der Waals surface area (Å²) >= 11 is 2.24. The van der Waals surface area contributed by atoms with Gasteiger partial charge in [-0.25, -0.2) is 4.98 Å². The van der Waals surface area contributed by atoms with Crippen LogP contribution in [0.25, 0.3) is 22.0 Å². The first kappa shape index (κ1) is 18.0. The van der Waals surface area contributed by atoms with E-state index in [0.29, 0.717) is 5.52 Å². The van der Waals surface area contributed by atoms with E-state index in [-0.39, 0.29) is 5.75 Å². The van der Waals surface area contributed by atoms with E-state index >= 15 is 0 Å². The molecule has 4 aromatic rings. The summed E-state index contributed by atoms with van der Waals surface area (Å²) in [5.41, 5.74) is 4.03. The normalized spacial score (nSPS) is 10.0. The molecule has 4 rings (SSSR count). The molecular weight excluding hydrogens is 337 g/mol. The van der Waals surface area contributed by atoms with Crippen molar-refractivity contribution in [2.75, 3.05) is 0 Å². The predicted molar refractivity (Wildman–Crippen MR) is 106 cm³/mol. The summed E-state index contributed by atoms with van der Waals surface area (Å²) in [5.74, 6) is 1.10. The van der Waals surface area contributed by atoms with Crippen LogP contribution in [0.1, 0.15) is 5.69 Å². The molecule has 0 aliphatic heterocycles. The second-order valence-electron chi connectivity index (χ2n) is 5.81. The van der Waals surface area contributed by atoms with Crippen LogP contribution in [0.3, 0.4) is 0 Å². The van der Waals surface area contributed by atoms with Crippen LogP contribution in [0.15, 0.2) is 84.9 Å². The minimum Gasteiger partial charge on any atom is -0.654 e. The van der Waals surface area contributed by atoms with Crippen LogP contribution >= 0.6 is 0 Å². The Bertz CT molecular complexity index is 986. The van der Waals surface area contributed by atoms with Gasteiger partial charge in [0.1, 0.15) is 11.3 Å². The van der Waals surface area contributed by atoms with Crippen molar-refractivity contribution in [3.05, 3.63) is 90.6 Å². The van der Waals surface area contributed by atoms with Gasteiger partial charge in [-0.05, 0) is 42.3 Å². The smallest absolute Gasteiger partial charge is 0.482 e. The molecule has 0 saturated heterocycles. The second kappa shape index (κ2) is 8.53. The molecule has 1 heterocycles. The number of aromatic hydroxyl groups is 1. The summed E-state index contributed by atoms with van der Waals surface area (Å²) in [6.45, 7) is 1.91. The van der Waals surface area contributed by atoms with Crippen molar-refractivity contribution in [2.24, 2.45) is 0 Å². The summed E-state index contributed by atoms with van der Waals surface area (Å²) in [7, 11) is 0. The number of aryl methyl sites for hydroxylation is 1. The number of benzene rings is 3. The predicted octanol–water partition coefficient (Wildman–Crippen LogP) is 5.06. The molecule has 0 aliphatic carbocycles. The Hall–Kier alpha value is -2.80. The van der Waals surface area contributed by atoms with Gasteiger partial charge in [0.05, 0.1) is 5.75 Å². The van der Waals surface area contributed by atoms with Crippen LogP contribution in [0.2, 0.25) is 0 Å². The summed E-state index contributed by atoms with van der Waals surface area (Å²) in [6, 6.07) is 27.6. The van der Waals surface area contributed by atoms with Crippen molar-refractivity contribution >= 4 is 27.5 Å². The Morgan fingerprint density at radius 2 is 1.46 bits per heavy atom. The zero-order chi connectivity index (χ0) is 18.4. The first-order chi connectivity index (χ1) is 12.7. The van der Waals surface area contributed by atoms with Gasteiger partial charge in [0.15, 0.2) is 0 Å². The number of pyridine rings is 1. The molecule has 2 radical (unpaired) electrons. The lowest BCUT2D eigenvalue weighted by Crippen LogP contribution is -1.84. The zero-order valence-corrected chi connectivity index (χ0v) is 15.6. The lowest BCUT2D eigenvalue weighted by atomic mass is 10.1. The van der Waals surface area contributed by atoms with Crippen molar-refractivity contribution in [2.45, 2.75) is 6.92 Å². The van der Waals surface area contributed by atoms with Crippen LogP contribution in [-0.4, -0.2) is 26.7 Å². The second-order valence-corrected chi connectivity index (χ2v) is 6.05. The standard InChI is InChI=1S/C12H10O.C10H9NO.Al/c13-12-8-6-11(7-9-12)10-4-2-1-3-5-10;1-7-5-6-8-3-2-4-9(12)10(8)11-7;/h1-9,13H;2-6,12H,1H3;/q;;+1/p-1. The monoisotopic (exact) mass is 355 g/mol. The van der Waals surface area contributed by atoms with Gasteiger partial charge in [0, 0.05) is 11.1 Å². The maximum Gasteiger partial charge on any atom is 0.482 e. The molecule has 3 nitrogen and oxygen atoms in total. The number of para-hydroxylation sites is 1. The fourth-order valence-electron chi connectivity index (χ4n) is 2.59. The van der Waals surface area contributed by atoms with Crippen LogP contribution in [0.4, 0.5) is 0 Å². The summed E-state index contributed by atoms with van der Waals surface area (Å²) in [4.78, 5) is 4.23. The SMILES string of the molecule is Cc1ccc2cccc(O)c2n1.[Al][O]c1ccc(-c2ccccc2)cc1.